The van der Waals surface area contributed by atoms with Gasteiger partial charge in [-0.25, -0.2) is 19.3 Å². The number of hydrogen-bond donors (Lipinski definition) is 0. The average Bonchev–Trinajstić information content (AvgIpc) is 3.24. The summed E-state index contributed by atoms with van der Waals surface area (Å²) in [7, 11) is 0. The van der Waals surface area contributed by atoms with Gasteiger partial charge < -0.3 is 0 Å². The Morgan fingerprint density at radius 3 is 2.62 bits per heavy atom. The van der Waals surface area contributed by atoms with Gasteiger partial charge in [0.2, 0.25) is 6.34 Å². The SMILES string of the molecule is CCCC1=C(CC)[N+](Cc2ccccc2)(C(=O)n2ccnc2)C=N1. The van der Waals surface area contributed by atoms with E-state index in [-0.39, 0.29) is 10.5 Å². The summed E-state index contributed by atoms with van der Waals surface area (Å²) in [5, 5.41) is 0. The predicted molar refractivity (Wildman–Crippen MR) is 94.1 cm³/mol. The maximum atomic E-state index is 13.3. The van der Waals surface area contributed by atoms with E-state index >= 15 is 0 Å². The van der Waals surface area contributed by atoms with E-state index in [1.165, 1.54) is 0 Å². The van der Waals surface area contributed by atoms with E-state index in [2.05, 4.69) is 36.0 Å². The number of carbonyl (C=O) groups excluding carboxylic acids is 1. The second-order valence-electron chi connectivity index (χ2n) is 6.01. The highest BCUT2D eigenvalue weighted by Crippen LogP contribution is 2.34. The van der Waals surface area contributed by atoms with Crippen molar-refractivity contribution in [1.29, 1.82) is 0 Å². The van der Waals surface area contributed by atoms with Gasteiger partial charge >= 0.3 is 6.03 Å². The molecule has 1 amide bonds. The molecule has 3 rings (SSSR count). The number of allylic oxidation sites excluding steroid dienone is 2. The molecule has 0 aliphatic carbocycles. The number of nitrogens with zero attached hydrogens (tertiary/aromatic N) is 4. The maximum absolute atomic E-state index is 13.3. The summed E-state index contributed by atoms with van der Waals surface area (Å²) < 4.78 is 1.67. The molecule has 124 valence electrons. The van der Waals surface area contributed by atoms with E-state index < -0.39 is 0 Å². The van der Waals surface area contributed by atoms with Gasteiger partial charge in [-0.2, -0.15) is 4.48 Å². The molecule has 1 aromatic carbocycles. The molecule has 5 nitrogen and oxygen atoms in total. The standard InChI is InChI=1S/C19H23N4O/c1-3-8-17-18(4-2)23(15-21-17,13-16-9-6-5-7-10-16)19(24)22-12-11-20-14-22/h5-7,9-12,14-15H,3-4,8,13H2,1-2H3/q+1. The number of carbonyl (C=O) groups is 1. The number of aromatic nitrogens is 2. The van der Waals surface area contributed by atoms with Gasteiger partial charge in [-0.15, -0.1) is 0 Å². The quantitative estimate of drug-likeness (QED) is 0.769. The fourth-order valence-corrected chi connectivity index (χ4v) is 3.29. The molecule has 0 N–H and O–H groups in total. The van der Waals surface area contributed by atoms with Crippen molar-refractivity contribution in [2.75, 3.05) is 0 Å². The van der Waals surface area contributed by atoms with Gasteiger partial charge in [-0.3, -0.25) is 0 Å². The number of hydrogen-bond acceptors (Lipinski definition) is 3. The summed E-state index contributed by atoms with van der Waals surface area (Å²) in [6.07, 6.45) is 9.40. The largest absolute Gasteiger partial charge is 0.439 e. The van der Waals surface area contributed by atoms with Gasteiger partial charge in [0.15, 0.2) is 0 Å². The zero-order chi connectivity index (χ0) is 17.0. The molecule has 1 unspecified atom stereocenters. The zero-order valence-corrected chi connectivity index (χ0v) is 14.2. The van der Waals surface area contributed by atoms with Crippen LogP contribution in [-0.2, 0) is 6.54 Å². The van der Waals surface area contributed by atoms with Crippen LogP contribution in [0.25, 0.3) is 0 Å². The van der Waals surface area contributed by atoms with Crippen LogP contribution in [0.5, 0.6) is 0 Å². The summed E-state index contributed by atoms with van der Waals surface area (Å²) in [5.41, 5.74) is 3.24. The van der Waals surface area contributed by atoms with Crippen LogP contribution in [0.3, 0.4) is 0 Å². The highest BCUT2D eigenvalue weighted by Gasteiger charge is 2.45. The van der Waals surface area contributed by atoms with Crippen molar-refractivity contribution in [3.05, 3.63) is 66.0 Å². The summed E-state index contributed by atoms with van der Waals surface area (Å²) >= 11 is 0. The normalized spacial score (nSPS) is 19.9. The molecule has 24 heavy (non-hydrogen) atoms. The summed E-state index contributed by atoms with van der Waals surface area (Å²) in [5.74, 6) is 0. The molecule has 1 atom stereocenters. The first-order valence-electron chi connectivity index (χ1n) is 8.43. The molecule has 0 saturated heterocycles. The molecule has 0 saturated carbocycles. The Hall–Kier alpha value is -2.53. The van der Waals surface area contributed by atoms with Crippen LogP contribution in [0, 0.1) is 0 Å². The Kier molecular flexibility index (Phi) is 4.71. The predicted octanol–water partition coefficient (Wildman–Crippen LogP) is 4.33. The minimum absolute atomic E-state index is 0.0388. The number of aliphatic imine (C=N–C) groups is 1. The maximum Gasteiger partial charge on any atom is 0.439 e. The number of quaternary nitrogens is 1. The van der Waals surface area contributed by atoms with Crippen LogP contribution in [0.4, 0.5) is 4.79 Å². The number of amides is 1. The Morgan fingerprint density at radius 2 is 2.00 bits per heavy atom. The van der Waals surface area contributed by atoms with Crippen molar-refractivity contribution < 1.29 is 9.28 Å². The highest BCUT2D eigenvalue weighted by molar-refractivity contribution is 5.81. The van der Waals surface area contributed by atoms with Crippen LogP contribution >= 0.6 is 0 Å². The second-order valence-corrected chi connectivity index (χ2v) is 6.01. The fourth-order valence-electron chi connectivity index (χ4n) is 3.29. The van der Waals surface area contributed by atoms with Gasteiger partial charge in [0, 0.05) is 24.4 Å². The lowest BCUT2D eigenvalue weighted by atomic mass is 10.1. The van der Waals surface area contributed by atoms with E-state index in [9.17, 15) is 4.79 Å². The van der Waals surface area contributed by atoms with Crippen LogP contribution in [0.2, 0.25) is 0 Å². The van der Waals surface area contributed by atoms with E-state index in [1.54, 1.807) is 29.6 Å². The Bertz CT molecular complexity index is 762. The molecule has 1 aliphatic heterocycles. The first-order valence-corrected chi connectivity index (χ1v) is 8.43. The lowest BCUT2D eigenvalue weighted by Crippen LogP contribution is -2.50. The van der Waals surface area contributed by atoms with E-state index in [0.717, 1.165) is 36.2 Å². The molecule has 0 bridgehead atoms. The topological polar surface area (TPSA) is 47.2 Å². The second kappa shape index (κ2) is 6.93. The van der Waals surface area contributed by atoms with Gasteiger partial charge in [-0.1, -0.05) is 50.6 Å². The van der Waals surface area contributed by atoms with Gasteiger partial charge in [0.05, 0.1) is 0 Å². The molecule has 2 aromatic rings. The third kappa shape index (κ3) is 2.83. The van der Waals surface area contributed by atoms with Gasteiger partial charge in [0.25, 0.3) is 0 Å². The van der Waals surface area contributed by atoms with Gasteiger partial charge in [-0.05, 0) is 6.42 Å². The number of imidazole rings is 1. The molecular weight excluding hydrogens is 300 g/mol. The minimum Gasteiger partial charge on any atom is -0.245 e. The van der Waals surface area contributed by atoms with E-state index in [4.69, 9.17) is 0 Å². The molecule has 0 radical (unpaired) electrons. The highest BCUT2D eigenvalue weighted by atomic mass is 16.2. The number of benzene rings is 1. The fraction of sp³-hybridized carbons (Fsp3) is 0.316. The smallest absolute Gasteiger partial charge is 0.245 e. The van der Waals surface area contributed by atoms with E-state index in [1.807, 2.05) is 18.2 Å². The van der Waals surface area contributed by atoms with Crippen LogP contribution < -0.4 is 0 Å². The minimum atomic E-state index is -0.0388. The molecule has 1 aliphatic rings. The van der Waals surface area contributed by atoms with Crippen molar-refractivity contribution in [2.24, 2.45) is 4.99 Å². The average molecular weight is 323 g/mol. The zero-order valence-electron chi connectivity index (χ0n) is 14.2. The van der Waals surface area contributed by atoms with E-state index in [0.29, 0.717) is 6.54 Å². The Labute approximate surface area is 142 Å². The third-order valence-corrected chi connectivity index (χ3v) is 4.39. The monoisotopic (exact) mass is 323 g/mol. The Morgan fingerprint density at radius 1 is 1.21 bits per heavy atom. The Balaban J connectivity index is 2.08. The van der Waals surface area contributed by atoms with Crippen molar-refractivity contribution in [3.8, 4) is 0 Å². The molecule has 5 heteroatoms. The first-order chi connectivity index (χ1) is 11.7. The first kappa shape index (κ1) is 16.3. The molecule has 1 aromatic heterocycles. The van der Waals surface area contributed by atoms with Gasteiger partial charge in [0.1, 0.15) is 24.3 Å². The number of rotatable bonds is 5. The van der Waals surface area contributed by atoms with Crippen molar-refractivity contribution >= 4 is 12.4 Å². The van der Waals surface area contributed by atoms with Crippen LogP contribution in [-0.4, -0.2) is 26.4 Å². The molecule has 2 heterocycles. The summed E-state index contributed by atoms with van der Waals surface area (Å²) in [6.45, 7) is 4.80. The van der Waals surface area contributed by atoms with Crippen molar-refractivity contribution in [2.45, 2.75) is 39.7 Å². The lowest BCUT2D eigenvalue weighted by Gasteiger charge is -2.29. The molecular formula is C19H23N4O+. The van der Waals surface area contributed by atoms with Crippen molar-refractivity contribution in [1.82, 2.24) is 9.55 Å². The van der Waals surface area contributed by atoms with Crippen LogP contribution in [0.1, 0.15) is 38.7 Å². The lowest BCUT2D eigenvalue weighted by molar-refractivity contribution is -0.723. The third-order valence-electron chi connectivity index (χ3n) is 4.39. The molecule has 0 fully saturated rings. The molecule has 0 spiro atoms. The summed E-state index contributed by atoms with van der Waals surface area (Å²) in [4.78, 5) is 22.0. The van der Waals surface area contributed by atoms with Crippen LogP contribution in [0.15, 0.2) is 65.4 Å². The summed E-state index contributed by atoms with van der Waals surface area (Å²) in [6, 6.07) is 10.1. The van der Waals surface area contributed by atoms with Crippen molar-refractivity contribution in [3.63, 3.8) is 0 Å².